The van der Waals surface area contributed by atoms with Crippen LogP contribution in [0.4, 0.5) is 0 Å². The van der Waals surface area contributed by atoms with Crippen LogP contribution in [0.15, 0.2) is 16.9 Å². The molecule has 0 unspecified atom stereocenters. The van der Waals surface area contributed by atoms with Gasteiger partial charge >= 0.3 is 0 Å². The van der Waals surface area contributed by atoms with Crippen LogP contribution in [0, 0.1) is 5.92 Å². The summed E-state index contributed by atoms with van der Waals surface area (Å²) in [4.78, 5) is 8.74. The van der Waals surface area contributed by atoms with Crippen LogP contribution in [-0.4, -0.2) is 26.2 Å². The molecule has 0 saturated carbocycles. The first kappa shape index (κ1) is 14.7. The summed E-state index contributed by atoms with van der Waals surface area (Å²) < 4.78 is 7.30. The summed E-state index contributed by atoms with van der Waals surface area (Å²) >= 11 is 0. The number of aryl methyl sites for hydroxylation is 1. The van der Waals surface area contributed by atoms with Gasteiger partial charge in [-0.05, 0) is 18.9 Å². The standard InChI is InChI=1S/C14H23N5O/c1-4-5-12-17-14(20-18-12)10-19-7-6-16-13(19)9-15-8-11(2)3/h6-7,11,15H,4-5,8-10H2,1-3H3. The zero-order valence-corrected chi connectivity index (χ0v) is 12.5. The maximum atomic E-state index is 5.26. The molecule has 2 rings (SSSR count). The van der Waals surface area contributed by atoms with E-state index in [9.17, 15) is 0 Å². The van der Waals surface area contributed by atoms with Crippen LogP contribution in [0.3, 0.4) is 0 Å². The molecule has 6 heteroatoms. The third-order valence-electron chi connectivity index (χ3n) is 2.93. The predicted molar refractivity (Wildman–Crippen MR) is 76.2 cm³/mol. The second-order valence-electron chi connectivity index (χ2n) is 5.35. The molecule has 2 heterocycles. The molecule has 20 heavy (non-hydrogen) atoms. The van der Waals surface area contributed by atoms with Crippen LogP contribution in [0.5, 0.6) is 0 Å². The van der Waals surface area contributed by atoms with Gasteiger partial charge in [0.15, 0.2) is 5.82 Å². The van der Waals surface area contributed by atoms with E-state index in [1.165, 1.54) is 0 Å². The number of rotatable bonds is 8. The lowest BCUT2D eigenvalue weighted by molar-refractivity contribution is 0.363. The van der Waals surface area contributed by atoms with E-state index >= 15 is 0 Å². The van der Waals surface area contributed by atoms with E-state index in [0.29, 0.717) is 18.4 Å². The highest BCUT2D eigenvalue weighted by Gasteiger charge is 2.09. The number of aromatic nitrogens is 4. The van der Waals surface area contributed by atoms with E-state index in [1.54, 1.807) is 6.20 Å². The minimum Gasteiger partial charge on any atom is -0.337 e. The molecule has 0 spiro atoms. The van der Waals surface area contributed by atoms with Crippen molar-refractivity contribution in [3.63, 3.8) is 0 Å². The maximum absolute atomic E-state index is 5.26. The second kappa shape index (κ2) is 7.19. The Morgan fingerprint density at radius 2 is 2.25 bits per heavy atom. The van der Waals surface area contributed by atoms with Crippen LogP contribution in [0.25, 0.3) is 0 Å². The van der Waals surface area contributed by atoms with E-state index in [0.717, 1.165) is 37.6 Å². The van der Waals surface area contributed by atoms with Crippen molar-refractivity contribution in [3.05, 3.63) is 29.9 Å². The summed E-state index contributed by atoms with van der Waals surface area (Å²) in [6.45, 7) is 8.79. The summed E-state index contributed by atoms with van der Waals surface area (Å²) in [5.74, 6) is 3.03. The second-order valence-corrected chi connectivity index (χ2v) is 5.35. The number of nitrogens with one attached hydrogen (secondary N) is 1. The first-order valence-electron chi connectivity index (χ1n) is 7.21. The average molecular weight is 277 g/mol. The van der Waals surface area contributed by atoms with Crippen LogP contribution in [0.2, 0.25) is 0 Å². The van der Waals surface area contributed by atoms with Gasteiger partial charge in [-0.25, -0.2) is 4.98 Å². The average Bonchev–Trinajstić information content (AvgIpc) is 3.01. The van der Waals surface area contributed by atoms with Crippen LogP contribution in [-0.2, 0) is 19.5 Å². The number of imidazole rings is 1. The Morgan fingerprint density at radius 1 is 1.40 bits per heavy atom. The van der Waals surface area contributed by atoms with Gasteiger partial charge in [-0.15, -0.1) is 0 Å². The highest BCUT2D eigenvalue weighted by atomic mass is 16.5. The Labute approximate surface area is 119 Å². The lowest BCUT2D eigenvalue weighted by Crippen LogP contribution is -2.21. The van der Waals surface area contributed by atoms with Gasteiger partial charge in [-0.2, -0.15) is 4.98 Å². The first-order chi connectivity index (χ1) is 9.69. The van der Waals surface area contributed by atoms with Gasteiger partial charge in [0.25, 0.3) is 0 Å². The molecule has 0 aromatic carbocycles. The third kappa shape index (κ3) is 4.16. The van der Waals surface area contributed by atoms with Gasteiger partial charge < -0.3 is 14.4 Å². The molecule has 1 N–H and O–H groups in total. The van der Waals surface area contributed by atoms with E-state index < -0.39 is 0 Å². The summed E-state index contributed by atoms with van der Waals surface area (Å²) in [5, 5.41) is 7.35. The Kier molecular flexibility index (Phi) is 5.29. The van der Waals surface area contributed by atoms with Gasteiger partial charge in [-0.3, -0.25) is 0 Å². The van der Waals surface area contributed by atoms with Gasteiger partial charge in [0.2, 0.25) is 5.89 Å². The lowest BCUT2D eigenvalue weighted by Gasteiger charge is -2.08. The van der Waals surface area contributed by atoms with Crippen LogP contribution in [0.1, 0.15) is 44.7 Å². The number of nitrogens with zero attached hydrogens (tertiary/aromatic N) is 4. The summed E-state index contributed by atoms with van der Waals surface area (Å²) in [5.41, 5.74) is 0. The van der Waals surface area contributed by atoms with Crippen molar-refractivity contribution >= 4 is 0 Å². The van der Waals surface area contributed by atoms with E-state index in [-0.39, 0.29) is 0 Å². The SMILES string of the molecule is CCCc1noc(Cn2ccnc2CNCC(C)C)n1. The molecule has 0 atom stereocenters. The zero-order chi connectivity index (χ0) is 14.4. The Morgan fingerprint density at radius 3 is 3.00 bits per heavy atom. The van der Waals surface area contributed by atoms with Crippen molar-refractivity contribution in [1.29, 1.82) is 0 Å². The Bertz CT molecular complexity index is 517. The van der Waals surface area contributed by atoms with E-state index in [2.05, 4.69) is 41.2 Å². The van der Waals surface area contributed by atoms with E-state index in [1.807, 2.05) is 10.8 Å². The van der Waals surface area contributed by atoms with Crippen molar-refractivity contribution in [2.24, 2.45) is 5.92 Å². The van der Waals surface area contributed by atoms with Crippen molar-refractivity contribution in [3.8, 4) is 0 Å². The third-order valence-corrected chi connectivity index (χ3v) is 2.93. The van der Waals surface area contributed by atoms with Gasteiger partial charge in [0.1, 0.15) is 12.4 Å². The first-order valence-corrected chi connectivity index (χ1v) is 7.21. The highest BCUT2D eigenvalue weighted by Crippen LogP contribution is 2.05. The fourth-order valence-electron chi connectivity index (χ4n) is 1.95. The minimum atomic E-state index is 0.579. The van der Waals surface area contributed by atoms with Gasteiger partial charge in [0, 0.05) is 18.8 Å². The van der Waals surface area contributed by atoms with Crippen molar-refractivity contribution in [2.45, 2.75) is 46.7 Å². The van der Waals surface area contributed by atoms with Crippen molar-refractivity contribution < 1.29 is 4.52 Å². The smallest absolute Gasteiger partial charge is 0.246 e. The molecule has 0 amide bonds. The molecule has 0 fully saturated rings. The molecule has 0 aliphatic carbocycles. The lowest BCUT2D eigenvalue weighted by atomic mass is 10.2. The largest absolute Gasteiger partial charge is 0.337 e. The normalized spacial score (nSPS) is 11.4. The summed E-state index contributed by atoms with van der Waals surface area (Å²) in [6.07, 6.45) is 5.62. The molecule has 0 saturated heterocycles. The fourth-order valence-corrected chi connectivity index (χ4v) is 1.95. The quantitative estimate of drug-likeness (QED) is 0.799. The van der Waals surface area contributed by atoms with Crippen molar-refractivity contribution in [2.75, 3.05) is 6.54 Å². The molecule has 0 aliphatic rings. The predicted octanol–water partition coefficient (Wildman–Crippen LogP) is 2.01. The van der Waals surface area contributed by atoms with E-state index in [4.69, 9.17) is 4.52 Å². The van der Waals surface area contributed by atoms with Gasteiger partial charge in [-0.1, -0.05) is 25.9 Å². The summed E-state index contributed by atoms with van der Waals surface area (Å²) in [7, 11) is 0. The molecule has 2 aromatic rings. The van der Waals surface area contributed by atoms with Gasteiger partial charge in [0.05, 0.1) is 6.54 Å². The number of hydrogen-bond donors (Lipinski definition) is 1. The molecular weight excluding hydrogens is 254 g/mol. The van der Waals surface area contributed by atoms with Crippen molar-refractivity contribution in [1.82, 2.24) is 25.0 Å². The summed E-state index contributed by atoms with van der Waals surface area (Å²) in [6, 6.07) is 0. The molecule has 0 bridgehead atoms. The molecule has 6 nitrogen and oxygen atoms in total. The monoisotopic (exact) mass is 277 g/mol. The number of hydrogen-bond acceptors (Lipinski definition) is 5. The molecule has 110 valence electrons. The topological polar surface area (TPSA) is 68.8 Å². The molecule has 0 radical (unpaired) electrons. The Hall–Kier alpha value is -1.69. The zero-order valence-electron chi connectivity index (χ0n) is 12.5. The van der Waals surface area contributed by atoms with Crippen LogP contribution < -0.4 is 5.32 Å². The maximum Gasteiger partial charge on any atom is 0.246 e. The molecule has 2 aromatic heterocycles. The highest BCUT2D eigenvalue weighted by molar-refractivity contribution is 4.96. The fraction of sp³-hybridized carbons (Fsp3) is 0.643. The Balaban J connectivity index is 1.93. The molecular formula is C14H23N5O. The minimum absolute atomic E-state index is 0.579. The van der Waals surface area contributed by atoms with Crippen LogP contribution >= 0.6 is 0 Å². The molecule has 0 aliphatic heterocycles.